The topological polar surface area (TPSA) is 32.7 Å². The number of benzene rings is 2. The van der Waals surface area contributed by atoms with Crippen LogP contribution >= 0.6 is 0 Å². The van der Waals surface area contributed by atoms with Crippen LogP contribution in [0.5, 0.6) is 11.5 Å². The SMILES string of the molecule is CC/C([C]1[CH][CH][CH][CH]1)=C(/c1ccc(O)cc1)c1ccc(OCCCCCCCCN(C)C)cc1. The largest absolute Gasteiger partial charge is 0.508 e. The van der Waals surface area contributed by atoms with E-state index in [1.165, 1.54) is 55.7 Å². The van der Waals surface area contributed by atoms with E-state index in [0.717, 1.165) is 36.3 Å². The average molecular weight is 459 g/mol. The minimum absolute atomic E-state index is 0.284. The number of phenols is 1. The third kappa shape index (κ3) is 8.20. The molecule has 2 aromatic carbocycles. The van der Waals surface area contributed by atoms with Crippen molar-refractivity contribution in [2.24, 2.45) is 0 Å². The number of unbranched alkanes of at least 4 members (excludes halogenated alkanes) is 5. The van der Waals surface area contributed by atoms with Crippen molar-refractivity contribution in [3.05, 3.63) is 96.8 Å². The van der Waals surface area contributed by atoms with Gasteiger partial charge in [-0.3, -0.25) is 0 Å². The van der Waals surface area contributed by atoms with Crippen molar-refractivity contribution in [1.82, 2.24) is 4.90 Å². The van der Waals surface area contributed by atoms with Gasteiger partial charge in [0.2, 0.25) is 0 Å². The van der Waals surface area contributed by atoms with Gasteiger partial charge in [0.25, 0.3) is 0 Å². The Morgan fingerprint density at radius 2 is 1.32 bits per heavy atom. The van der Waals surface area contributed by atoms with Gasteiger partial charge in [-0.1, -0.05) is 62.4 Å². The van der Waals surface area contributed by atoms with Crippen LogP contribution in [0.2, 0.25) is 0 Å². The molecule has 3 nitrogen and oxygen atoms in total. The molecule has 0 aliphatic heterocycles. The fraction of sp³-hybridized carbons (Fsp3) is 0.387. The van der Waals surface area contributed by atoms with Crippen LogP contribution in [0, 0.1) is 31.6 Å². The molecule has 1 fully saturated rings. The van der Waals surface area contributed by atoms with E-state index < -0.39 is 0 Å². The average Bonchev–Trinajstić information content (AvgIpc) is 3.37. The Hall–Kier alpha value is -2.26. The van der Waals surface area contributed by atoms with Gasteiger partial charge in [-0.2, -0.15) is 0 Å². The number of phenolic OH excluding ortho intramolecular Hbond substituents is 1. The fourth-order valence-electron chi connectivity index (χ4n) is 4.39. The van der Waals surface area contributed by atoms with Gasteiger partial charge in [0.05, 0.1) is 6.61 Å². The van der Waals surface area contributed by atoms with Crippen LogP contribution in [-0.2, 0) is 0 Å². The van der Waals surface area contributed by atoms with E-state index >= 15 is 0 Å². The van der Waals surface area contributed by atoms with Crippen molar-refractivity contribution in [2.45, 2.75) is 51.9 Å². The maximum absolute atomic E-state index is 9.79. The quantitative estimate of drug-likeness (QED) is 0.302. The first kappa shape index (κ1) is 26.3. The molecule has 0 unspecified atom stereocenters. The highest BCUT2D eigenvalue weighted by Crippen LogP contribution is 2.40. The van der Waals surface area contributed by atoms with Crippen LogP contribution < -0.4 is 4.74 Å². The maximum atomic E-state index is 9.79. The van der Waals surface area contributed by atoms with E-state index in [4.69, 9.17) is 4.74 Å². The number of hydrogen-bond acceptors (Lipinski definition) is 3. The Bertz CT molecular complexity index is 861. The van der Waals surface area contributed by atoms with Crippen molar-refractivity contribution in [2.75, 3.05) is 27.2 Å². The summed E-state index contributed by atoms with van der Waals surface area (Å²) in [6, 6.07) is 16.0. The first-order valence-corrected chi connectivity index (χ1v) is 12.7. The fourth-order valence-corrected chi connectivity index (χ4v) is 4.39. The number of hydrogen-bond donors (Lipinski definition) is 1. The molecule has 5 radical (unpaired) electrons. The zero-order valence-corrected chi connectivity index (χ0v) is 21.1. The number of nitrogens with zero attached hydrogens (tertiary/aromatic N) is 1. The molecule has 3 rings (SSSR count). The Morgan fingerprint density at radius 1 is 0.765 bits per heavy atom. The highest BCUT2D eigenvalue weighted by atomic mass is 16.5. The molecule has 0 atom stereocenters. The van der Waals surface area contributed by atoms with Crippen LogP contribution in [0.25, 0.3) is 5.57 Å². The second-order valence-corrected chi connectivity index (χ2v) is 9.22. The van der Waals surface area contributed by atoms with Gasteiger partial charge in [-0.15, -0.1) is 0 Å². The van der Waals surface area contributed by atoms with E-state index in [-0.39, 0.29) is 5.75 Å². The standard InChI is InChI=1S/C31H40NO2/c1-4-30(25-13-9-10-14-25)31(26-15-19-28(33)20-16-26)27-17-21-29(22-18-27)34-24-12-8-6-5-7-11-23-32(2)3/h9-10,13-22,33H,4-8,11-12,23-24H2,1-3H3/b31-30+. The van der Waals surface area contributed by atoms with Gasteiger partial charge in [0.15, 0.2) is 0 Å². The van der Waals surface area contributed by atoms with E-state index in [0.29, 0.717) is 0 Å². The molecular weight excluding hydrogens is 418 g/mol. The zero-order chi connectivity index (χ0) is 24.2. The van der Waals surface area contributed by atoms with Crippen molar-refractivity contribution < 1.29 is 9.84 Å². The van der Waals surface area contributed by atoms with Gasteiger partial charge >= 0.3 is 0 Å². The molecule has 1 aliphatic rings. The summed E-state index contributed by atoms with van der Waals surface area (Å²) in [6.45, 7) is 4.16. The second kappa shape index (κ2) is 14.2. The van der Waals surface area contributed by atoms with Gasteiger partial charge < -0.3 is 14.7 Å². The summed E-state index contributed by atoms with van der Waals surface area (Å²) in [6.07, 6.45) is 17.0. The summed E-state index contributed by atoms with van der Waals surface area (Å²) in [7, 11) is 4.28. The van der Waals surface area contributed by atoms with Crippen LogP contribution in [0.3, 0.4) is 0 Å². The lowest BCUT2D eigenvalue weighted by Crippen LogP contribution is -2.12. The van der Waals surface area contributed by atoms with E-state index in [1.54, 1.807) is 12.1 Å². The molecule has 0 heterocycles. The monoisotopic (exact) mass is 458 g/mol. The third-order valence-corrected chi connectivity index (χ3v) is 6.23. The van der Waals surface area contributed by atoms with Gasteiger partial charge in [-0.25, -0.2) is 0 Å². The predicted octanol–water partition coefficient (Wildman–Crippen LogP) is 7.29. The number of ether oxygens (including phenoxy) is 1. The molecule has 0 amide bonds. The molecule has 2 aromatic rings. The first-order chi connectivity index (χ1) is 16.6. The van der Waals surface area contributed by atoms with Gasteiger partial charge in [-0.05, 0) is 107 Å². The Morgan fingerprint density at radius 3 is 1.91 bits per heavy atom. The molecule has 0 bridgehead atoms. The molecule has 1 aliphatic carbocycles. The lowest BCUT2D eigenvalue weighted by molar-refractivity contribution is 0.304. The Kier molecular flexibility index (Phi) is 11.0. The highest BCUT2D eigenvalue weighted by Gasteiger charge is 2.24. The first-order valence-electron chi connectivity index (χ1n) is 12.7. The number of rotatable bonds is 14. The van der Waals surface area contributed by atoms with Crippen molar-refractivity contribution in [3.63, 3.8) is 0 Å². The Labute approximate surface area is 207 Å². The minimum Gasteiger partial charge on any atom is -0.508 e. The summed E-state index contributed by atoms with van der Waals surface area (Å²) in [5.41, 5.74) is 4.77. The highest BCUT2D eigenvalue weighted by molar-refractivity contribution is 5.85. The predicted molar refractivity (Wildman–Crippen MR) is 143 cm³/mol. The third-order valence-electron chi connectivity index (χ3n) is 6.23. The molecule has 0 saturated heterocycles. The second-order valence-electron chi connectivity index (χ2n) is 9.22. The molecule has 1 saturated carbocycles. The molecular formula is C31H40NO2. The normalized spacial score (nSPS) is 15.1. The molecule has 3 heteroatoms. The Balaban J connectivity index is 1.58. The van der Waals surface area contributed by atoms with Crippen molar-refractivity contribution in [1.29, 1.82) is 0 Å². The van der Waals surface area contributed by atoms with E-state index in [1.807, 2.05) is 12.1 Å². The lowest BCUT2D eigenvalue weighted by Gasteiger charge is -2.20. The number of allylic oxidation sites excluding steroid dienone is 1. The summed E-state index contributed by atoms with van der Waals surface area (Å²) in [5.74, 6) is 2.45. The zero-order valence-electron chi connectivity index (χ0n) is 21.1. The summed E-state index contributed by atoms with van der Waals surface area (Å²) >= 11 is 0. The van der Waals surface area contributed by atoms with E-state index in [2.05, 4.69) is 75.9 Å². The molecule has 1 N–H and O–H groups in total. The molecule has 0 aromatic heterocycles. The van der Waals surface area contributed by atoms with Crippen LogP contribution in [0.15, 0.2) is 54.1 Å². The van der Waals surface area contributed by atoms with Crippen LogP contribution in [0.4, 0.5) is 0 Å². The maximum Gasteiger partial charge on any atom is 0.119 e. The minimum atomic E-state index is 0.284. The van der Waals surface area contributed by atoms with Gasteiger partial charge in [0, 0.05) is 5.92 Å². The summed E-state index contributed by atoms with van der Waals surface area (Å²) < 4.78 is 6.02. The van der Waals surface area contributed by atoms with Crippen molar-refractivity contribution >= 4 is 5.57 Å². The van der Waals surface area contributed by atoms with Gasteiger partial charge in [0.1, 0.15) is 11.5 Å². The van der Waals surface area contributed by atoms with Crippen LogP contribution in [0.1, 0.15) is 63.0 Å². The van der Waals surface area contributed by atoms with Crippen molar-refractivity contribution in [3.8, 4) is 11.5 Å². The molecule has 0 spiro atoms. The van der Waals surface area contributed by atoms with Crippen LogP contribution in [-0.4, -0.2) is 37.3 Å². The van der Waals surface area contributed by atoms with E-state index in [9.17, 15) is 5.11 Å². The molecule has 34 heavy (non-hydrogen) atoms. The smallest absolute Gasteiger partial charge is 0.119 e. The molecule has 181 valence electrons. The summed E-state index contributed by atoms with van der Waals surface area (Å²) in [4.78, 5) is 2.26. The lowest BCUT2D eigenvalue weighted by atomic mass is 9.84. The summed E-state index contributed by atoms with van der Waals surface area (Å²) in [5, 5.41) is 9.79. The number of aromatic hydroxyl groups is 1.